The van der Waals surface area contributed by atoms with Crippen LogP contribution in [-0.2, 0) is 6.42 Å². The molecule has 1 heterocycles. The Morgan fingerprint density at radius 1 is 1.18 bits per heavy atom. The quantitative estimate of drug-likeness (QED) is 0.732. The molecule has 1 N–H and O–H groups in total. The zero-order valence-corrected chi connectivity index (χ0v) is 16.0. The number of carbonyl (C=O) groups is 1. The number of amides is 1. The van der Waals surface area contributed by atoms with Crippen LogP contribution < -0.4 is 14.8 Å². The first kappa shape index (κ1) is 18.0. The van der Waals surface area contributed by atoms with Gasteiger partial charge in [-0.05, 0) is 71.7 Å². The van der Waals surface area contributed by atoms with Gasteiger partial charge in [-0.3, -0.25) is 4.79 Å². The average Bonchev–Trinajstić information content (AvgIpc) is 3.32. The Labute approximate surface area is 162 Å². The zero-order valence-electron chi connectivity index (χ0n) is 16.0. The first-order valence-corrected chi connectivity index (χ1v) is 9.01. The van der Waals surface area contributed by atoms with E-state index in [4.69, 9.17) is 9.47 Å². The molecule has 28 heavy (non-hydrogen) atoms. The molecule has 8 heteroatoms. The molecule has 0 unspecified atom stereocenters. The summed E-state index contributed by atoms with van der Waals surface area (Å²) in [6, 6.07) is 11.1. The van der Waals surface area contributed by atoms with Gasteiger partial charge in [0.05, 0.1) is 25.9 Å². The van der Waals surface area contributed by atoms with Crippen molar-refractivity contribution in [3.8, 4) is 17.2 Å². The largest absolute Gasteiger partial charge is 0.493 e. The summed E-state index contributed by atoms with van der Waals surface area (Å²) in [5, 5.41) is 14.6. The maximum Gasteiger partial charge on any atom is 0.251 e. The summed E-state index contributed by atoms with van der Waals surface area (Å²) in [6.07, 6.45) is 1.72. The first-order valence-electron chi connectivity index (χ1n) is 9.01. The van der Waals surface area contributed by atoms with E-state index in [9.17, 15) is 4.79 Å². The van der Waals surface area contributed by atoms with Gasteiger partial charge in [-0.25, -0.2) is 0 Å². The number of nitrogens with one attached hydrogen (secondary N) is 1. The maximum atomic E-state index is 12.9. The van der Waals surface area contributed by atoms with E-state index in [1.165, 1.54) is 5.56 Å². The highest BCUT2D eigenvalue weighted by Gasteiger charge is 2.26. The molecule has 2 aromatic carbocycles. The van der Waals surface area contributed by atoms with Crippen LogP contribution in [0.4, 0.5) is 0 Å². The third-order valence-electron chi connectivity index (χ3n) is 5.01. The number of methoxy groups -OCH3 is 2. The fraction of sp³-hybridized carbons (Fsp3) is 0.300. The van der Waals surface area contributed by atoms with Crippen LogP contribution in [0.2, 0.25) is 0 Å². The van der Waals surface area contributed by atoms with E-state index in [-0.39, 0.29) is 11.9 Å². The van der Waals surface area contributed by atoms with Gasteiger partial charge >= 0.3 is 0 Å². The van der Waals surface area contributed by atoms with Crippen molar-refractivity contribution in [2.75, 3.05) is 14.2 Å². The third kappa shape index (κ3) is 3.17. The second-order valence-electron chi connectivity index (χ2n) is 6.66. The van der Waals surface area contributed by atoms with E-state index in [1.807, 2.05) is 31.2 Å². The van der Waals surface area contributed by atoms with Crippen molar-refractivity contribution in [3.05, 3.63) is 58.9 Å². The van der Waals surface area contributed by atoms with E-state index in [2.05, 4.69) is 20.8 Å². The van der Waals surface area contributed by atoms with Crippen molar-refractivity contribution >= 4 is 5.91 Å². The average molecular weight is 379 g/mol. The van der Waals surface area contributed by atoms with Gasteiger partial charge in [0, 0.05) is 5.56 Å². The van der Waals surface area contributed by atoms with Gasteiger partial charge in [0.1, 0.15) is 0 Å². The molecule has 144 valence electrons. The van der Waals surface area contributed by atoms with Gasteiger partial charge in [-0.15, -0.1) is 5.10 Å². The fourth-order valence-corrected chi connectivity index (χ4v) is 3.57. The second kappa shape index (κ2) is 7.30. The topological polar surface area (TPSA) is 91.2 Å². The molecule has 0 radical (unpaired) electrons. The van der Waals surface area contributed by atoms with Crippen molar-refractivity contribution in [1.29, 1.82) is 0 Å². The number of fused-ring (bicyclic) bond motifs is 1. The summed E-state index contributed by atoms with van der Waals surface area (Å²) in [6.45, 7) is 1.81. The Bertz CT molecular complexity index is 1030. The van der Waals surface area contributed by atoms with Gasteiger partial charge in [-0.2, -0.15) is 4.68 Å². The minimum absolute atomic E-state index is 0.0688. The number of nitrogens with zero attached hydrogens (tertiary/aromatic N) is 4. The Balaban J connectivity index is 1.57. The third-order valence-corrected chi connectivity index (χ3v) is 5.01. The molecule has 0 bridgehead atoms. The van der Waals surface area contributed by atoms with Crippen LogP contribution in [0, 0.1) is 6.92 Å². The molecule has 1 aliphatic rings. The van der Waals surface area contributed by atoms with Crippen LogP contribution in [0.1, 0.15) is 39.8 Å². The van der Waals surface area contributed by atoms with E-state index < -0.39 is 0 Å². The van der Waals surface area contributed by atoms with E-state index >= 15 is 0 Å². The van der Waals surface area contributed by atoms with Gasteiger partial charge in [0.15, 0.2) is 17.3 Å². The molecule has 0 fully saturated rings. The van der Waals surface area contributed by atoms with E-state index in [0.717, 1.165) is 24.1 Å². The lowest BCUT2D eigenvalue weighted by Gasteiger charge is -2.16. The van der Waals surface area contributed by atoms with Crippen molar-refractivity contribution in [2.45, 2.75) is 25.8 Å². The number of tetrazole rings is 1. The molecule has 1 aromatic heterocycles. The van der Waals surface area contributed by atoms with Gasteiger partial charge < -0.3 is 14.8 Å². The smallest absolute Gasteiger partial charge is 0.251 e. The summed E-state index contributed by atoms with van der Waals surface area (Å²) in [7, 11) is 3.23. The summed E-state index contributed by atoms with van der Waals surface area (Å²) in [4.78, 5) is 12.9. The number of ether oxygens (including phenoxy) is 2. The van der Waals surface area contributed by atoms with E-state index in [1.54, 1.807) is 31.0 Å². The Kier molecular flexibility index (Phi) is 4.68. The lowest BCUT2D eigenvalue weighted by molar-refractivity contribution is 0.0936. The summed E-state index contributed by atoms with van der Waals surface area (Å²) in [5.74, 6) is 1.89. The highest BCUT2D eigenvalue weighted by Crippen LogP contribution is 2.39. The summed E-state index contributed by atoms with van der Waals surface area (Å²) in [5.41, 5.74) is 3.54. The number of benzene rings is 2. The standard InChI is InChI=1S/C20H21N5O3/c1-12-22-23-24-25(12)15-6-4-5-14(9-15)20(26)21-17-8-7-13-10-18(27-2)19(28-3)11-16(13)17/h4-6,9-11,17H,7-8H2,1-3H3,(H,21,26)/t17-/m1/s1. The zero-order chi connectivity index (χ0) is 19.7. The number of aromatic nitrogens is 4. The summed E-state index contributed by atoms with van der Waals surface area (Å²) >= 11 is 0. The number of carbonyl (C=O) groups excluding carboxylic acids is 1. The van der Waals surface area contributed by atoms with Crippen LogP contribution >= 0.6 is 0 Å². The van der Waals surface area contributed by atoms with Crippen molar-refractivity contribution in [3.63, 3.8) is 0 Å². The van der Waals surface area contributed by atoms with Crippen molar-refractivity contribution < 1.29 is 14.3 Å². The predicted molar refractivity (Wildman–Crippen MR) is 102 cm³/mol. The van der Waals surface area contributed by atoms with Crippen LogP contribution in [-0.4, -0.2) is 40.3 Å². The highest BCUT2D eigenvalue weighted by molar-refractivity contribution is 5.95. The molecule has 4 rings (SSSR count). The first-order chi connectivity index (χ1) is 13.6. The fourth-order valence-electron chi connectivity index (χ4n) is 3.57. The molecular weight excluding hydrogens is 358 g/mol. The molecule has 1 atom stereocenters. The number of hydrogen-bond acceptors (Lipinski definition) is 6. The van der Waals surface area contributed by atoms with E-state index in [0.29, 0.717) is 22.9 Å². The van der Waals surface area contributed by atoms with Gasteiger partial charge in [-0.1, -0.05) is 6.07 Å². The minimum atomic E-state index is -0.139. The molecule has 3 aromatic rings. The number of aryl methyl sites for hydroxylation is 2. The van der Waals surface area contributed by atoms with Gasteiger partial charge in [0.2, 0.25) is 0 Å². The summed E-state index contributed by atoms with van der Waals surface area (Å²) < 4.78 is 12.4. The predicted octanol–water partition coefficient (Wildman–Crippen LogP) is 2.41. The van der Waals surface area contributed by atoms with Gasteiger partial charge in [0.25, 0.3) is 5.91 Å². The molecular formula is C20H21N5O3. The Hall–Kier alpha value is -3.42. The van der Waals surface area contributed by atoms with Crippen molar-refractivity contribution in [2.24, 2.45) is 0 Å². The highest BCUT2D eigenvalue weighted by atomic mass is 16.5. The molecule has 0 spiro atoms. The second-order valence-corrected chi connectivity index (χ2v) is 6.66. The molecule has 0 saturated heterocycles. The monoisotopic (exact) mass is 379 g/mol. The van der Waals surface area contributed by atoms with Crippen LogP contribution in [0.25, 0.3) is 5.69 Å². The number of hydrogen-bond donors (Lipinski definition) is 1. The lowest BCUT2D eigenvalue weighted by Crippen LogP contribution is -2.27. The number of rotatable bonds is 5. The minimum Gasteiger partial charge on any atom is -0.493 e. The molecule has 8 nitrogen and oxygen atoms in total. The maximum absolute atomic E-state index is 12.9. The van der Waals surface area contributed by atoms with Crippen LogP contribution in [0.3, 0.4) is 0 Å². The Morgan fingerprint density at radius 3 is 2.68 bits per heavy atom. The molecule has 1 amide bonds. The molecule has 0 aliphatic heterocycles. The Morgan fingerprint density at radius 2 is 1.96 bits per heavy atom. The van der Waals surface area contributed by atoms with Crippen LogP contribution in [0.5, 0.6) is 11.5 Å². The SMILES string of the molecule is COc1cc2c(cc1OC)[C@H](NC(=O)c1cccc(-n3nnnc3C)c1)CC2. The lowest BCUT2D eigenvalue weighted by atomic mass is 10.1. The van der Waals surface area contributed by atoms with Crippen LogP contribution in [0.15, 0.2) is 36.4 Å². The molecule has 1 aliphatic carbocycles. The molecule has 0 saturated carbocycles. The normalized spacial score (nSPS) is 15.2. The van der Waals surface area contributed by atoms with Crippen molar-refractivity contribution in [1.82, 2.24) is 25.5 Å².